The van der Waals surface area contributed by atoms with Gasteiger partial charge in [0.1, 0.15) is 17.2 Å². The predicted octanol–water partition coefficient (Wildman–Crippen LogP) is 7.92. The minimum atomic E-state index is -0.563. The van der Waals surface area contributed by atoms with E-state index < -0.39 is 5.60 Å². The number of nitrogens with one attached hydrogen (secondary N) is 2. The average molecular weight is 663 g/mol. The Morgan fingerprint density at radius 2 is 1.82 bits per heavy atom. The monoisotopic (exact) mass is 662 g/mol. The topological polar surface area (TPSA) is 119 Å². The molecule has 1 fully saturated rings. The number of hydrogen-bond acceptors (Lipinski definition) is 8. The number of hydrogen-bond donors (Lipinski definition) is 2. The predicted molar refractivity (Wildman–Crippen MR) is 187 cm³/mol. The maximum Gasteiger partial charge on any atom is 0.410 e. The van der Waals surface area contributed by atoms with E-state index in [0.717, 1.165) is 29.2 Å². The number of carbonyl (C=O) groups excluding carboxylic acids is 2. The second-order valence-electron chi connectivity index (χ2n) is 13.1. The Bertz CT molecular complexity index is 2000. The zero-order valence-electron chi connectivity index (χ0n) is 28.0. The Labute approximate surface area is 284 Å². The Hall–Kier alpha value is -5.58. The van der Waals surface area contributed by atoms with Crippen LogP contribution in [0.2, 0.25) is 0 Å². The van der Waals surface area contributed by atoms with Gasteiger partial charge in [0.15, 0.2) is 0 Å². The third-order valence-corrected chi connectivity index (χ3v) is 8.04. The molecule has 1 saturated heterocycles. The molecule has 1 aliphatic heterocycles. The van der Waals surface area contributed by atoms with Crippen molar-refractivity contribution in [2.24, 2.45) is 0 Å². The summed E-state index contributed by atoms with van der Waals surface area (Å²) in [6.45, 7) is 8.65. The molecule has 0 aliphatic carbocycles. The SMILES string of the molecule is Cc1ccc2c(NC(=O)Cc3cccc(F)c3)cccc2c1Oc1ncccc1-c1ccnc(NC2CCCN(C(=O)OC(C)(C)C)C2)n1. The minimum absolute atomic E-state index is 0.0389. The quantitative estimate of drug-likeness (QED) is 0.172. The largest absolute Gasteiger partial charge is 0.444 e. The summed E-state index contributed by atoms with van der Waals surface area (Å²) < 4.78 is 25.8. The Balaban J connectivity index is 1.22. The van der Waals surface area contributed by atoms with E-state index in [1.807, 2.05) is 70.2 Å². The minimum Gasteiger partial charge on any atom is -0.444 e. The van der Waals surface area contributed by atoms with E-state index >= 15 is 0 Å². The van der Waals surface area contributed by atoms with Crippen LogP contribution in [-0.2, 0) is 16.0 Å². The number of amides is 2. The lowest BCUT2D eigenvalue weighted by Gasteiger charge is -2.34. The van der Waals surface area contributed by atoms with Gasteiger partial charge in [0.05, 0.1) is 17.7 Å². The second-order valence-corrected chi connectivity index (χ2v) is 13.1. The third kappa shape index (κ3) is 8.29. The smallest absolute Gasteiger partial charge is 0.410 e. The standard InChI is InChI=1S/C38H39FN6O4/c1-24-15-16-28-29(12-6-14-31(28)43-33(46)22-25-9-5-10-26(39)21-25)34(24)48-35-30(13-7-18-40-35)32-17-19-41-36(44-32)42-27-11-8-20-45(23-27)37(47)49-38(2,3)4/h5-7,9-10,12-19,21,27H,8,11,20,22-23H2,1-4H3,(H,43,46)(H,41,42,44). The van der Waals surface area contributed by atoms with Crippen molar-refractivity contribution in [3.63, 3.8) is 0 Å². The van der Waals surface area contributed by atoms with Crippen LogP contribution in [0.3, 0.4) is 0 Å². The highest BCUT2D eigenvalue weighted by atomic mass is 19.1. The van der Waals surface area contributed by atoms with E-state index in [1.54, 1.807) is 35.5 Å². The number of carbonyl (C=O) groups is 2. The fraction of sp³-hybridized carbons (Fsp3) is 0.289. The Kier molecular flexibility index (Phi) is 9.70. The molecule has 252 valence electrons. The van der Waals surface area contributed by atoms with Crippen LogP contribution in [0.4, 0.5) is 20.8 Å². The molecule has 1 unspecified atom stereocenters. The van der Waals surface area contributed by atoms with Gasteiger partial charge in [-0.25, -0.2) is 24.1 Å². The van der Waals surface area contributed by atoms with Gasteiger partial charge in [-0.2, -0.15) is 0 Å². The van der Waals surface area contributed by atoms with Gasteiger partial charge in [0.25, 0.3) is 0 Å². The van der Waals surface area contributed by atoms with Crippen molar-refractivity contribution in [3.05, 3.63) is 102 Å². The van der Waals surface area contributed by atoms with Gasteiger partial charge < -0.3 is 25.0 Å². The summed E-state index contributed by atoms with van der Waals surface area (Å²) in [5, 5.41) is 7.94. The van der Waals surface area contributed by atoms with E-state index in [4.69, 9.17) is 14.5 Å². The van der Waals surface area contributed by atoms with Gasteiger partial charge in [-0.15, -0.1) is 0 Å². The van der Waals surface area contributed by atoms with Crippen LogP contribution in [0.25, 0.3) is 22.0 Å². The van der Waals surface area contributed by atoms with Gasteiger partial charge in [0.2, 0.25) is 17.7 Å². The zero-order chi connectivity index (χ0) is 34.5. The van der Waals surface area contributed by atoms with E-state index in [0.29, 0.717) is 53.2 Å². The zero-order valence-corrected chi connectivity index (χ0v) is 28.0. The van der Waals surface area contributed by atoms with Gasteiger partial charge in [-0.3, -0.25) is 4.79 Å². The normalized spacial score (nSPS) is 14.7. The van der Waals surface area contributed by atoms with Crippen LogP contribution in [0.15, 0.2) is 85.2 Å². The number of nitrogens with zero attached hydrogens (tertiary/aromatic N) is 4. The van der Waals surface area contributed by atoms with E-state index in [2.05, 4.69) is 20.6 Å². The summed E-state index contributed by atoms with van der Waals surface area (Å²) in [7, 11) is 0. The molecule has 2 amide bonds. The number of benzene rings is 3. The molecule has 5 aromatic rings. The molecule has 0 saturated carbocycles. The van der Waals surface area contributed by atoms with Crippen molar-refractivity contribution in [1.29, 1.82) is 0 Å². The lowest BCUT2D eigenvalue weighted by molar-refractivity contribution is -0.115. The first kappa shape index (κ1) is 33.3. The first-order chi connectivity index (χ1) is 23.5. The molecule has 0 spiro atoms. The van der Waals surface area contributed by atoms with Crippen LogP contribution in [0.1, 0.15) is 44.7 Å². The summed E-state index contributed by atoms with van der Waals surface area (Å²) in [4.78, 5) is 41.1. The molecule has 11 heteroatoms. The number of aromatic nitrogens is 3. The summed E-state index contributed by atoms with van der Waals surface area (Å²) in [6.07, 6.45) is 4.75. The van der Waals surface area contributed by atoms with Gasteiger partial charge in [-0.05, 0) is 88.1 Å². The molecule has 2 N–H and O–H groups in total. The molecular formula is C38H39FN6O4. The molecule has 49 heavy (non-hydrogen) atoms. The molecule has 1 atom stereocenters. The summed E-state index contributed by atoms with van der Waals surface area (Å²) in [5.74, 6) is 0.745. The van der Waals surface area contributed by atoms with Gasteiger partial charge >= 0.3 is 6.09 Å². The molecule has 1 aliphatic rings. The summed E-state index contributed by atoms with van der Waals surface area (Å²) in [5.41, 5.74) is 2.80. The van der Waals surface area contributed by atoms with Crippen molar-refractivity contribution in [2.75, 3.05) is 23.7 Å². The second kappa shape index (κ2) is 14.3. The first-order valence-electron chi connectivity index (χ1n) is 16.3. The van der Waals surface area contributed by atoms with Gasteiger partial charge in [0, 0.05) is 48.0 Å². The number of aryl methyl sites for hydroxylation is 1. The van der Waals surface area contributed by atoms with Crippen molar-refractivity contribution >= 4 is 34.4 Å². The molecule has 10 nitrogen and oxygen atoms in total. The molecule has 6 rings (SSSR count). The highest BCUT2D eigenvalue weighted by Crippen LogP contribution is 2.38. The van der Waals surface area contributed by atoms with E-state index in [9.17, 15) is 14.0 Å². The average Bonchev–Trinajstić information content (AvgIpc) is 3.06. The Morgan fingerprint density at radius 1 is 0.980 bits per heavy atom. The Morgan fingerprint density at radius 3 is 2.63 bits per heavy atom. The number of anilines is 2. The lowest BCUT2D eigenvalue weighted by atomic mass is 10.0. The maximum atomic E-state index is 13.7. The number of fused-ring (bicyclic) bond motifs is 1. The van der Waals surface area contributed by atoms with Crippen LogP contribution in [0.5, 0.6) is 11.6 Å². The van der Waals surface area contributed by atoms with E-state index in [-0.39, 0.29) is 30.3 Å². The van der Waals surface area contributed by atoms with Crippen molar-refractivity contribution < 1.29 is 23.5 Å². The number of ether oxygens (including phenoxy) is 2. The van der Waals surface area contributed by atoms with Crippen LogP contribution in [0, 0.1) is 12.7 Å². The fourth-order valence-corrected chi connectivity index (χ4v) is 5.82. The number of likely N-dealkylation sites (tertiary alicyclic amines) is 1. The third-order valence-electron chi connectivity index (χ3n) is 8.04. The molecule has 3 heterocycles. The number of rotatable bonds is 8. The van der Waals surface area contributed by atoms with Crippen molar-refractivity contribution in [3.8, 4) is 22.9 Å². The lowest BCUT2D eigenvalue weighted by Crippen LogP contribution is -2.47. The first-order valence-corrected chi connectivity index (χ1v) is 16.3. The maximum absolute atomic E-state index is 13.7. The van der Waals surface area contributed by atoms with Crippen LogP contribution in [-0.4, -0.2) is 56.6 Å². The highest BCUT2D eigenvalue weighted by molar-refractivity contribution is 6.05. The highest BCUT2D eigenvalue weighted by Gasteiger charge is 2.28. The number of pyridine rings is 1. The molecule has 2 aromatic heterocycles. The van der Waals surface area contributed by atoms with E-state index in [1.165, 1.54) is 12.1 Å². The molecule has 0 bridgehead atoms. The van der Waals surface area contributed by atoms with Crippen molar-refractivity contribution in [2.45, 2.75) is 58.6 Å². The number of halogens is 1. The fourth-order valence-electron chi connectivity index (χ4n) is 5.82. The molecule has 3 aromatic carbocycles. The molecule has 0 radical (unpaired) electrons. The van der Waals surface area contributed by atoms with Crippen LogP contribution < -0.4 is 15.4 Å². The summed E-state index contributed by atoms with van der Waals surface area (Å²) in [6, 6.07) is 21.0. The molecular weight excluding hydrogens is 623 g/mol. The summed E-state index contributed by atoms with van der Waals surface area (Å²) >= 11 is 0. The van der Waals surface area contributed by atoms with Gasteiger partial charge in [-0.1, -0.05) is 36.4 Å². The number of piperidine rings is 1. The van der Waals surface area contributed by atoms with Crippen molar-refractivity contribution in [1.82, 2.24) is 19.9 Å². The van der Waals surface area contributed by atoms with Crippen LogP contribution >= 0.6 is 0 Å².